The Morgan fingerprint density at radius 2 is 1.95 bits per heavy atom. The van der Waals surface area contributed by atoms with Crippen molar-refractivity contribution in [1.82, 2.24) is 10.2 Å². The molecule has 1 saturated heterocycles. The molecule has 1 heterocycles. The molecular weight excluding hydrogens is 267 g/mol. The Balaban J connectivity index is 1.89. The van der Waals surface area contributed by atoms with Crippen LogP contribution in [0.3, 0.4) is 0 Å². The molecule has 1 aliphatic carbocycles. The lowest BCUT2D eigenvalue weighted by Gasteiger charge is -2.38. The first-order valence-electron chi connectivity index (χ1n) is 8.08. The Labute approximate surface area is 126 Å². The lowest BCUT2D eigenvalue weighted by Crippen LogP contribution is -2.46. The van der Waals surface area contributed by atoms with Gasteiger partial charge in [-0.25, -0.2) is 4.39 Å². The van der Waals surface area contributed by atoms with E-state index in [0.717, 1.165) is 31.7 Å². The molecule has 0 spiro atoms. The fourth-order valence-corrected chi connectivity index (χ4v) is 3.86. The second-order valence-electron chi connectivity index (χ2n) is 6.16. The molecule has 2 fully saturated rings. The highest BCUT2D eigenvalue weighted by Gasteiger charge is 2.33. The molecule has 1 aromatic rings. The lowest BCUT2D eigenvalue weighted by atomic mass is 9.89. The summed E-state index contributed by atoms with van der Waals surface area (Å²) in [4.78, 5) is 2.47. The first-order valence-corrected chi connectivity index (χ1v) is 8.08. The minimum absolute atomic E-state index is 0.121. The van der Waals surface area contributed by atoms with Gasteiger partial charge in [0, 0.05) is 43.9 Å². The summed E-state index contributed by atoms with van der Waals surface area (Å²) in [6.07, 6.45) is 5.01. The minimum Gasteiger partial charge on any atom is -0.497 e. The second-order valence-corrected chi connectivity index (χ2v) is 6.16. The molecule has 116 valence electrons. The maximum atomic E-state index is 14.6. The summed E-state index contributed by atoms with van der Waals surface area (Å²) in [6.45, 7) is 4.02. The molecule has 3 nitrogen and oxygen atoms in total. The van der Waals surface area contributed by atoms with Gasteiger partial charge in [0.25, 0.3) is 0 Å². The highest BCUT2D eigenvalue weighted by molar-refractivity contribution is 5.31. The number of benzene rings is 1. The first-order chi connectivity index (χ1) is 10.3. The van der Waals surface area contributed by atoms with Crippen molar-refractivity contribution in [2.45, 2.75) is 31.7 Å². The monoisotopic (exact) mass is 292 g/mol. The van der Waals surface area contributed by atoms with E-state index in [0.29, 0.717) is 11.7 Å². The van der Waals surface area contributed by atoms with Gasteiger partial charge in [-0.3, -0.25) is 4.90 Å². The molecule has 3 rings (SSSR count). The van der Waals surface area contributed by atoms with E-state index in [2.05, 4.69) is 10.2 Å². The zero-order valence-electron chi connectivity index (χ0n) is 12.8. The number of nitrogens with one attached hydrogen (secondary N) is 1. The molecular formula is C17H25FN2O. The zero-order chi connectivity index (χ0) is 14.7. The number of ether oxygens (including phenoxy) is 1. The van der Waals surface area contributed by atoms with Crippen molar-refractivity contribution < 1.29 is 9.13 Å². The van der Waals surface area contributed by atoms with Gasteiger partial charge in [0.1, 0.15) is 11.6 Å². The molecule has 1 N–H and O–H groups in total. The predicted octanol–water partition coefficient (Wildman–Crippen LogP) is 2.97. The maximum Gasteiger partial charge on any atom is 0.131 e. The molecule has 2 aliphatic rings. The van der Waals surface area contributed by atoms with E-state index in [-0.39, 0.29) is 11.9 Å². The Morgan fingerprint density at radius 3 is 2.57 bits per heavy atom. The Hall–Kier alpha value is -1.13. The van der Waals surface area contributed by atoms with Crippen LogP contribution in [0.5, 0.6) is 5.75 Å². The SMILES string of the molecule is COc1ccc([C@@H](C2CCCC2)N2CCNCC2)c(F)c1. The van der Waals surface area contributed by atoms with Crippen molar-refractivity contribution >= 4 is 0 Å². The Morgan fingerprint density at radius 1 is 1.24 bits per heavy atom. The van der Waals surface area contributed by atoms with E-state index in [4.69, 9.17) is 4.74 Å². The summed E-state index contributed by atoms with van der Waals surface area (Å²) in [5.74, 6) is 1.07. The molecule has 1 aliphatic heterocycles. The highest BCUT2D eigenvalue weighted by atomic mass is 19.1. The fraction of sp³-hybridized carbons (Fsp3) is 0.647. The standard InChI is InChI=1S/C17H25FN2O/c1-21-14-6-7-15(16(18)12-14)17(13-4-2-3-5-13)20-10-8-19-9-11-20/h6-7,12-13,17,19H,2-5,8-11H2,1H3/t17-/m1/s1. The molecule has 1 aromatic carbocycles. The summed E-state index contributed by atoms with van der Waals surface area (Å²) in [5.41, 5.74) is 0.851. The number of nitrogens with zero attached hydrogens (tertiary/aromatic N) is 1. The second kappa shape index (κ2) is 6.75. The summed E-state index contributed by atoms with van der Waals surface area (Å²) >= 11 is 0. The molecule has 1 atom stereocenters. The van der Waals surface area contributed by atoms with E-state index in [9.17, 15) is 4.39 Å². The normalized spacial score (nSPS) is 22.4. The van der Waals surface area contributed by atoms with E-state index < -0.39 is 0 Å². The van der Waals surface area contributed by atoms with Gasteiger partial charge in [-0.2, -0.15) is 0 Å². The van der Waals surface area contributed by atoms with Gasteiger partial charge in [0.15, 0.2) is 0 Å². The van der Waals surface area contributed by atoms with E-state index in [1.54, 1.807) is 7.11 Å². The molecule has 0 aromatic heterocycles. The molecule has 21 heavy (non-hydrogen) atoms. The maximum absolute atomic E-state index is 14.6. The van der Waals surface area contributed by atoms with Crippen LogP contribution in [0, 0.1) is 11.7 Å². The number of hydrogen-bond donors (Lipinski definition) is 1. The van der Waals surface area contributed by atoms with E-state index in [1.807, 2.05) is 12.1 Å². The molecule has 1 saturated carbocycles. The van der Waals surface area contributed by atoms with Crippen molar-refractivity contribution in [3.8, 4) is 5.75 Å². The van der Waals surface area contributed by atoms with Crippen LogP contribution in [-0.4, -0.2) is 38.2 Å². The number of piperazine rings is 1. The number of methoxy groups -OCH3 is 1. The third-order valence-corrected chi connectivity index (χ3v) is 4.92. The molecule has 0 radical (unpaired) electrons. The number of rotatable bonds is 4. The quantitative estimate of drug-likeness (QED) is 0.923. The highest BCUT2D eigenvalue weighted by Crippen LogP contribution is 2.41. The van der Waals surface area contributed by atoms with Crippen LogP contribution in [-0.2, 0) is 0 Å². The van der Waals surface area contributed by atoms with Crippen molar-refractivity contribution in [3.05, 3.63) is 29.6 Å². The van der Waals surface area contributed by atoms with Crippen molar-refractivity contribution in [2.75, 3.05) is 33.3 Å². The lowest BCUT2D eigenvalue weighted by molar-refractivity contribution is 0.122. The van der Waals surface area contributed by atoms with Crippen LogP contribution in [0.4, 0.5) is 4.39 Å². The molecule has 0 bridgehead atoms. The van der Waals surface area contributed by atoms with Gasteiger partial charge in [0.2, 0.25) is 0 Å². The third-order valence-electron chi connectivity index (χ3n) is 4.92. The van der Waals surface area contributed by atoms with Crippen molar-refractivity contribution in [3.63, 3.8) is 0 Å². The van der Waals surface area contributed by atoms with Gasteiger partial charge in [-0.05, 0) is 24.8 Å². The van der Waals surface area contributed by atoms with Crippen LogP contribution in [0.15, 0.2) is 18.2 Å². The minimum atomic E-state index is -0.121. The van der Waals surface area contributed by atoms with Crippen LogP contribution in [0.1, 0.15) is 37.3 Å². The van der Waals surface area contributed by atoms with Gasteiger partial charge < -0.3 is 10.1 Å². The topological polar surface area (TPSA) is 24.5 Å². The van der Waals surface area contributed by atoms with Crippen LogP contribution in [0.25, 0.3) is 0 Å². The smallest absolute Gasteiger partial charge is 0.131 e. The summed E-state index contributed by atoms with van der Waals surface area (Å²) in [5, 5.41) is 3.39. The van der Waals surface area contributed by atoms with Crippen LogP contribution < -0.4 is 10.1 Å². The van der Waals surface area contributed by atoms with Crippen molar-refractivity contribution in [1.29, 1.82) is 0 Å². The molecule has 0 amide bonds. The average Bonchev–Trinajstić information content (AvgIpc) is 3.04. The first kappa shape index (κ1) is 14.8. The Bertz CT molecular complexity index is 468. The summed E-state index contributed by atoms with van der Waals surface area (Å²) in [7, 11) is 1.58. The van der Waals surface area contributed by atoms with Gasteiger partial charge in [0.05, 0.1) is 7.11 Å². The predicted molar refractivity (Wildman–Crippen MR) is 82.1 cm³/mol. The van der Waals surface area contributed by atoms with Crippen LogP contribution in [0.2, 0.25) is 0 Å². The van der Waals surface area contributed by atoms with Crippen LogP contribution >= 0.6 is 0 Å². The van der Waals surface area contributed by atoms with E-state index in [1.165, 1.54) is 31.7 Å². The zero-order valence-corrected chi connectivity index (χ0v) is 12.8. The number of halogens is 1. The Kier molecular flexibility index (Phi) is 4.76. The molecule has 0 unspecified atom stereocenters. The summed E-state index contributed by atoms with van der Waals surface area (Å²) < 4.78 is 19.7. The van der Waals surface area contributed by atoms with Gasteiger partial charge >= 0.3 is 0 Å². The fourth-order valence-electron chi connectivity index (χ4n) is 3.86. The average molecular weight is 292 g/mol. The largest absolute Gasteiger partial charge is 0.497 e. The van der Waals surface area contributed by atoms with Gasteiger partial charge in [-0.15, -0.1) is 0 Å². The van der Waals surface area contributed by atoms with E-state index >= 15 is 0 Å². The van der Waals surface area contributed by atoms with Crippen molar-refractivity contribution in [2.24, 2.45) is 5.92 Å². The van der Waals surface area contributed by atoms with Gasteiger partial charge in [-0.1, -0.05) is 18.9 Å². The molecule has 4 heteroatoms. The number of hydrogen-bond acceptors (Lipinski definition) is 3. The summed E-state index contributed by atoms with van der Waals surface area (Å²) in [6, 6.07) is 5.57. The third kappa shape index (κ3) is 3.22.